The summed E-state index contributed by atoms with van der Waals surface area (Å²) in [6, 6.07) is 8.93. The number of methoxy groups -OCH3 is 1. The number of benzene rings is 1. The summed E-state index contributed by atoms with van der Waals surface area (Å²) in [6.07, 6.45) is 1.72. The van der Waals surface area contributed by atoms with Gasteiger partial charge >= 0.3 is 0 Å². The Morgan fingerprint density at radius 2 is 2.12 bits per heavy atom. The van der Waals surface area contributed by atoms with Crippen LogP contribution in [0.4, 0.5) is 5.82 Å². The number of carbonyl (C=O) groups excluding carboxylic acids is 1. The van der Waals surface area contributed by atoms with Gasteiger partial charge in [0.2, 0.25) is 0 Å². The van der Waals surface area contributed by atoms with Gasteiger partial charge in [-0.05, 0) is 44.9 Å². The van der Waals surface area contributed by atoms with Gasteiger partial charge in [0, 0.05) is 23.9 Å². The molecule has 1 aromatic carbocycles. The lowest BCUT2D eigenvalue weighted by Crippen LogP contribution is -2.44. The van der Waals surface area contributed by atoms with Crippen LogP contribution in [-0.4, -0.2) is 34.4 Å². The minimum atomic E-state index is -0.555. The van der Waals surface area contributed by atoms with E-state index in [1.165, 1.54) is 0 Å². The summed E-state index contributed by atoms with van der Waals surface area (Å²) in [5, 5.41) is 0. The van der Waals surface area contributed by atoms with E-state index in [0.717, 1.165) is 18.5 Å². The molecule has 1 amide bonds. The van der Waals surface area contributed by atoms with Crippen LogP contribution in [0.25, 0.3) is 0 Å². The first-order valence-corrected chi connectivity index (χ1v) is 8.02. The Balaban J connectivity index is 1.98. The van der Waals surface area contributed by atoms with Crippen molar-refractivity contribution in [3.05, 3.63) is 47.4 Å². The molecule has 126 valence electrons. The standard InChI is InChI=1S/C18H22N4O2/c1-12-10-15(19)21-17(20-12)18(2)8-5-9-22(18)16(23)13-6-4-7-14(11-13)24-3/h4,6-7,10-11H,5,8-9H2,1-3H3,(H2,19,20,21)/t18-/m0/s1. The molecule has 0 saturated carbocycles. The molecule has 0 aliphatic carbocycles. The summed E-state index contributed by atoms with van der Waals surface area (Å²) in [5.74, 6) is 1.66. The van der Waals surface area contributed by atoms with E-state index >= 15 is 0 Å². The van der Waals surface area contributed by atoms with Crippen LogP contribution in [0.3, 0.4) is 0 Å². The highest BCUT2D eigenvalue weighted by Gasteiger charge is 2.43. The summed E-state index contributed by atoms with van der Waals surface area (Å²) < 4.78 is 5.22. The number of hydrogen-bond donors (Lipinski definition) is 1. The molecule has 0 spiro atoms. The fraction of sp³-hybridized carbons (Fsp3) is 0.389. The van der Waals surface area contributed by atoms with Crippen molar-refractivity contribution in [3.8, 4) is 5.75 Å². The van der Waals surface area contributed by atoms with Crippen LogP contribution >= 0.6 is 0 Å². The first-order valence-electron chi connectivity index (χ1n) is 8.02. The number of carbonyl (C=O) groups is 1. The summed E-state index contributed by atoms with van der Waals surface area (Å²) in [7, 11) is 1.59. The number of ether oxygens (including phenoxy) is 1. The van der Waals surface area contributed by atoms with Gasteiger partial charge < -0.3 is 15.4 Å². The van der Waals surface area contributed by atoms with Crippen LogP contribution in [0.2, 0.25) is 0 Å². The van der Waals surface area contributed by atoms with E-state index in [2.05, 4.69) is 9.97 Å². The minimum absolute atomic E-state index is 0.0439. The maximum atomic E-state index is 13.1. The Hall–Kier alpha value is -2.63. The molecule has 1 atom stereocenters. The summed E-state index contributed by atoms with van der Waals surface area (Å²) in [5.41, 5.74) is 6.74. The molecule has 2 aromatic rings. The normalized spacial score (nSPS) is 20.2. The molecule has 0 radical (unpaired) electrons. The Morgan fingerprint density at radius 3 is 2.83 bits per heavy atom. The first-order chi connectivity index (χ1) is 11.4. The van der Waals surface area contributed by atoms with Gasteiger partial charge in [0.1, 0.15) is 17.1 Å². The SMILES string of the molecule is COc1cccc(C(=O)N2CCC[C@@]2(C)c2nc(C)cc(N)n2)c1. The van der Waals surface area contributed by atoms with Crippen molar-refractivity contribution < 1.29 is 9.53 Å². The van der Waals surface area contributed by atoms with Crippen LogP contribution in [0.5, 0.6) is 5.75 Å². The maximum Gasteiger partial charge on any atom is 0.254 e. The number of aryl methyl sites for hydroxylation is 1. The topological polar surface area (TPSA) is 81.3 Å². The highest BCUT2D eigenvalue weighted by atomic mass is 16.5. The number of nitrogen functional groups attached to an aromatic ring is 1. The number of anilines is 1. The van der Waals surface area contributed by atoms with Gasteiger partial charge in [0.25, 0.3) is 5.91 Å². The van der Waals surface area contributed by atoms with Crippen molar-refractivity contribution in [2.75, 3.05) is 19.4 Å². The lowest BCUT2D eigenvalue weighted by atomic mass is 9.96. The van der Waals surface area contributed by atoms with E-state index in [4.69, 9.17) is 10.5 Å². The van der Waals surface area contributed by atoms with Gasteiger partial charge in [0.05, 0.1) is 7.11 Å². The van der Waals surface area contributed by atoms with Crippen LogP contribution in [-0.2, 0) is 5.54 Å². The van der Waals surface area contributed by atoms with E-state index in [9.17, 15) is 4.79 Å². The van der Waals surface area contributed by atoms with Crippen LogP contribution in [0.1, 0.15) is 41.6 Å². The maximum absolute atomic E-state index is 13.1. The third-order valence-corrected chi connectivity index (χ3v) is 4.56. The highest BCUT2D eigenvalue weighted by molar-refractivity contribution is 5.95. The van der Waals surface area contributed by atoms with Gasteiger partial charge in [-0.25, -0.2) is 9.97 Å². The Bertz CT molecular complexity index is 757. The first kappa shape index (κ1) is 16.2. The molecule has 1 aromatic heterocycles. The molecule has 0 unspecified atom stereocenters. The zero-order valence-electron chi connectivity index (χ0n) is 14.2. The Morgan fingerprint density at radius 1 is 1.33 bits per heavy atom. The van der Waals surface area contributed by atoms with Crippen LogP contribution < -0.4 is 10.5 Å². The van der Waals surface area contributed by atoms with Crippen molar-refractivity contribution in [1.29, 1.82) is 0 Å². The predicted molar refractivity (Wildman–Crippen MR) is 91.8 cm³/mol. The number of hydrogen-bond acceptors (Lipinski definition) is 5. The molecule has 1 aliphatic heterocycles. The molecule has 3 rings (SSSR count). The summed E-state index contributed by atoms with van der Waals surface area (Å²) in [6.45, 7) is 4.56. The van der Waals surface area contributed by atoms with Gasteiger partial charge in [-0.2, -0.15) is 0 Å². The van der Waals surface area contributed by atoms with Crippen molar-refractivity contribution in [3.63, 3.8) is 0 Å². The predicted octanol–water partition coefficient (Wildman–Crippen LogP) is 2.53. The molecule has 1 aliphatic rings. The van der Waals surface area contributed by atoms with Crippen molar-refractivity contribution in [2.24, 2.45) is 0 Å². The fourth-order valence-corrected chi connectivity index (χ4v) is 3.27. The molecule has 6 nitrogen and oxygen atoms in total. The number of nitrogens with two attached hydrogens (primary N) is 1. The second-order valence-electron chi connectivity index (χ2n) is 6.32. The largest absolute Gasteiger partial charge is 0.497 e. The number of aromatic nitrogens is 2. The third-order valence-electron chi connectivity index (χ3n) is 4.56. The van der Waals surface area contributed by atoms with E-state index in [1.54, 1.807) is 25.3 Å². The summed E-state index contributed by atoms with van der Waals surface area (Å²) in [4.78, 5) is 23.8. The zero-order chi connectivity index (χ0) is 17.3. The molecule has 1 fully saturated rings. The van der Waals surface area contributed by atoms with Gasteiger partial charge in [-0.1, -0.05) is 6.07 Å². The lowest BCUT2D eigenvalue weighted by molar-refractivity contribution is 0.0603. The molecule has 6 heteroatoms. The lowest BCUT2D eigenvalue weighted by Gasteiger charge is -2.34. The van der Waals surface area contributed by atoms with Crippen molar-refractivity contribution >= 4 is 11.7 Å². The average molecular weight is 326 g/mol. The quantitative estimate of drug-likeness (QED) is 0.937. The Kier molecular flexibility index (Phi) is 4.13. The third kappa shape index (κ3) is 2.79. The van der Waals surface area contributed by atoms with Gasteiger partial charge in [-0.15, -0.1) is 0 Å². The molecular weight excluding hydrogens is 304 g/mol. The van der Waals surface area contributed by atoms with E-state index in [1.807, 2.05) is 30.9 Å². The van der Waals surface area contributed by atoms with Crippen LogP contribution in [0.15, 0.2) is 30.3 Å². The number of nitrogens with zero attached hydrogens (tertiary/aromatic N) is 3. The summed E-state index contributed by atoms with van der Waals surface area (Å²) >= 11 is 0. The second-order valence-corrected chi connectivity index (χ2v) is 6.32. The molecule has 1 saturated heterocycles. The molecule has 2 heterocycles. The van der Waals surface area contributed by atoms with Gasteiger partial charge in [0.15, 0.2) is 5.82 Å². The van der Waals surface area contributed by atoms with E-state index in [0.29, 0.717) is 29.5 Å². The van der Waals surface area contributed by atoms with Gasteiger partial charge in [-0.3, -0.25) is 4.79 Å². The highest BCUT2D eigenvalue weighted by Crippen LogP contribution is 2.38. The number of likely N-dealkylation sites (tertiary alicyclic amines) is 1. The van der Waals surface area contributed by atoms with E-state index in [-0.39, 0.29) is 5.91 Å². The van der Waals surface area contributed by atoms with Crippen molar-refractivity contribution in [1.82, 2.24) is 14.9 Å². The smallest absolute Gasteiger partial charge is 0.254 e. The fourth-order valence-electron chi connectivity index (χ4n) is 3.27. The molecule has 2 N–H and O–H groups in total. The second kappa shape index (κ2) is 6.11. The van der Waals surface area contributed by atoms with E-state index < -0.39 is 5.54 Å². The van der Waals surface area contributed by atoms with Crippen LogP contribution in [0, 0.1) is 6.92 Å². The molecule has 24 heavy (non-hydrogen) atoms. The molecular formula is C18H22N4O2. The zero-order valence-corrected chi connectivity index (χ0v) is 14.2. The minimum Gasteiger partial charge on any atom is -0.497 e. The molecule has 0 bridgehead atoms. The average Bonchev–Trinajstić information content (AvgIpc) is 2.96. The number of amides is 1. The Labute approximate surface area is 141 Å². The van der Waals surface area contributed by atoms with Crippen molar-refractivity contribution in [2.45, 2.75) is 32.2 Å². The number of rotatable bonds is 3. The monoisotopic (exact) mass is 326 g/mol.